The van der Waals surface area contributed by atoms with E-state index in [4.69, 9.17) is 0 Å². The lowest BCUT2D eigenvalue weighted by molar-refractivity contribution is 0.614. The molecule has 4 heteroatoms. The summed E-state index contributed by atoms with van der Waals surface area (Å²) in [6.45, 7) is 4.45. The third kappa shape index (κ3) is 3.59. The summed E-state index contributed by atoms with van der Waals surface area (Å²) in [5.41, 5.74) is 0.968. The summed E-state index contributed by atoms with van der Waals surface area (Å²) in [6.07, 6.45) is 4.97. The summed E-state index contributed by atoms with van der Waals surface area (Å²) in [6, 6.07) is 8.53. The summed E-state index contributed by atoms with van der Waals surface area (Å²) in [5.74, 6) is 1.58. The number of hydrogen-bond acceptors (Lipinski definition) is 4. The van der Waals surface area contributed by atoms with E-state index >= 15 is 0 Å². The number of nitrogens with zero attached hydrogens (tertiary/aromatic N) is 2. The molecular weight excluding hydrogens is 248 g/mol. The van der Waals surface area contributed by atoms with E-state index < -0.39 is 0 Å². The summed E-state index contributed by atoms with van der Waals surface area (Å²) >= 11 is 0. The van der Waals surface area contributed by atoms with Gasteiger partial charge in [-0.2, -0.15) is 4.98 Å². The molecule has 0 spiro atoms. The van der Waals surface area contributed by atoms with Gasteiger partial charge >= 0.3 is 0 Å². The molecule has 0 bridgehead atoms. The third-order valence-electron chi connectivity index (χ3n) is 3.45. The average molecular weight is 272 g/mol. The molecule has 2 aromatic rings. The molecule has 1 unspecified atom stereocenters. The van der Waals surface area contributed by atoms with Gasteiger partial charge in [0.05, 0.1) is 5.52 Å². The summed E-state index contributed by atoms with van der Waals surface area (Å²) in [5, 5.41) is 7.63. The molecule has 0 saturated heterocycles. The van der Waals surface area contributed by atoms with Gasteiger partial charge in [0, 0.05) is 18.5 Å². The van der Waals surface area contributed by atoms with Gasteiger partial charge in [0.1, 0.15) is 5.82 Å². The average Bonchev–Trinajstić information content (AvgIpc) is 2.47. The molecule has 0 aliphatic heterocycles. The standard InChI is InChI=1S/C16H24N4/c1-4-5-6-9-12(2)18-15-13-10-7-8-11-14(13)19-16(17-3)20-15/h7-8,10-12H,4-6,9H2,1-3H3,(H2,17,18,19,20). The van der Waals surface area contributed by atoms with Crippen LogP contribution in [0.4, 0.5) is 11.8 Å². The van der Waals surface area contributed by atoms with Crippen LogP contribution in [0.5, 0.6) is 0 Å². The zero-order valence-electron chi connectivity index (χ0n) is 12.6. The van der Waals surface area contributed by atoms with Crippen LogP contribution in [0, 0.1) is 0 Å². The van der Waals surface area contributed by atoms with Crippen LogP contribution in [0.15, 0.2) is 24.3 Å². The largest absolute Gasteiger partial charge is 0.367 e. The monoisotopic (exact) mass is 272 g/mol. The Morgan fingerprint density at radius 2 is 1.95 bits per heavy atom. The Morgan fingerprint density at radius 1 is 1.15 bits per heavy atom. The number of nitrogens with one attached hydrogen (secondary N) is 2. The topological polar surface area (TPSA) is 49.8 Å². The lowest BCUT2D eigenvalue weighted by Gasteiger charge is -2.16. The van der Waals surface area contributed by atoms with Crippen molar-refractivity contribution in [3.05, 3.63) is 24.3 Å². The molecule has 2 rings (SSSR count). The van der Waals surface area contributed by atoms with E-state index in [9.17, 15) is 0 Å². The SMILES string of the molecule is CCCCCC(C)Nc1nc(NC)nc2ccccc12. The fourth-order valence-electron chi connectivity index (χ4n) is 2.30. The molecule has 2 N–H and O–H groups in total. The first-order chi connectivity index (χ1) is 9.74. The molecular formula is C16H24N4. The molecule has 108 valence electrons. The van der Waals surface area contributed by atoms with E-state index in [0.29, 0.717) is 12.0 Å². The van der Waals surface area contributed by atoms with Crippen LogP contribution >= 0.6 is 0 Å². The summed E-state index contributed by atoms with van der Waals surface area (Å²) in [7, 11) is 1.85. The second-order valence-corrected chi connectivity index (χ2v) is 5.20. The van der Waals surface area contributed by atoms with Gasteiger partial charge in [-0.15, -0.1) is 0 Å². The van der Waals surface area contributed by atoms with Gasteiger partial charge in [-0.1, -0.05) is 38.3 Å². The zero-order chi connectivity index (χ0) is 14.4. The molecule has 0 aliphatic rings. The fourth-order valence-corrected chi connectivity index (χ4v) is 2.30. The zero-order valence-corrected chi connectivity index (χ0v) is 12.6. The Balaban J connectivity index is 2.19. The predicted octanol–water partition coefficient (Wildman–Crippen LogP) is 4.05. The minimum Gasteiger partial charge on any atom is -0.367 e. The first-order valence-corrected chi connectivity index (χ1v) is 7.45. The highest BCUT2D eigenvalue weighted by molar-refractivity contribution is 5.90. The molecule has 0 aliphatic carbocycles. The Labute approximate surface area is 121 Å². The van der Waals surface area contributed by atoms with Crippen molar-refractivity contribution in [3.8, 4) is 0 Å². The van der Waals surface area contributed by atoms with Gasteiger partial charge < -0.3 is 10.6 Å². The third-order valence-corrected chi connectivity index (χ3v) is 3.45. The van der Waals surface area contributed by atoms with Gasteiger partial charge in [0.2, 0.25) is 5.95 Å². The number of fused-ring (bicyclic) bond motifs is 1. The van der Waals surface area contributed by atoms with Crippen LogP contribution in [0.25, 0.3) is 10.9 Å². The maximum atomic E-state index is 4.55. The van der Waals surface area contributed by atoms with Crippen LogP contribution in [-0.2, 0) is 0 Å². The number of unbranched alkanes of at least 4 members (excludes halogenated alkanes) is 2. The van der Waals surface area contributed by atoms with Crippen LogP contribution in [0.1, 0.15) is 39.5 Å². The predicted molar refractivity (Wildman–Crippen MR) is 86.3 cm³/mol. The second-order valence-electron chi connectivity index (χ2n) is 5.20. The van der Waals surface area contributed by atoms with E-state index in [1.165, 1.54) is 25.7 Å². The van der Waals surface area contributed by atoms with Crippen molar-refractivity contribution in [3.63, 3.8) is 0 Å². The van der Waals surface area contributed by atoms with Crippen molar-refractivity contribution in [2.75, 3.05) is 17.7 Å². The molecule has 1 aromatic carbocycles. The molecule has 0 fully saturated rings. The van der Waals surface area contributed by atoms with Crippen LogP contribution in [-0.4, -0.2) is 23.1 Å². The fraction of sp³-hybridized carbons (Fsp3) is 0.500. The molecule has 1 atom stereocenters. The molecule has 0 saturated carbocycles. The lowest BCUT2D eigenvalue weighted by atomic mass is 10.1. The van der Waals surface area contributed by atoms with E-state index in [0.717, 1.165) is 16.7 Å². The number of para-hydroxylation sites is 1. The normalized spacial score (nSPS) is 12.3. The first-order valence-electron chi connectivity index (χ1n) is 7.45. The van der Waals surface area contributed by atoms with E-state index in [-0.39, 0.29) is 0 Å². The van der Waals surface area contributed by atoms with E-state index in [2.05, 4.69) is 40.5 Å². The Hall–Kier alpha value is -1.84. The summed E-state index contributed by atoms with van der Waals surface area (Å²) < 4.78 is 0. The Kier molecular flexibility index (Phi) is 5.16. The maximum absolute atomic E-state index is 4.55. The number of hydrogen-bond donors (Lipinski definition) is 2. The van der Waals surface area contributed by atoms with Gasteiger partial charge in [0.15, 0.2) is 0 Å². The first kappa shape index (κ1) is 14.6. The molecule has 4 nitrogen and oxygen atoms in total. The van der Waals surface area contributed by atoms with Gasteiger partial charge in [-0.3, -0.25) is 0 Å². The van der Waals surface area contributed by atoms with Crippen molar-refractivity contribution < 1.29 is 0 Å². The molecule has 1 heterocycles. The van der Waals surface area contributed by atoms with Gasteiger partial charge in [0.25, 0.3) is 0 Å². The number of rotatable bonds is 7. The van der Waals surface area contributed by atoms with Crippen LogP contribution in [0.3, 0.4) is 0 Å². The molecule has 0 radical (unpaired) electrons. The smallest absolute Gasteiger partial charge is 0.224 e. The highest BCUT2D eigenvalue weighted by Gasteiger charge is 2.09. The van der Waals surface area contributed by atoms with E-state index in [1.54, 1.807) is 0 Å². The Bertz CT molecular complexity index is 553. The Morgan fingerprint density at radius 3 is 2.70 bits per heavy atom. The number of benzene rings is 1. The van der Waals surface area contributed by atoms with Crippen molar-refractivity contribution in [2.24, 2.45) is 0 Å². The minimum absolute atomic E-state index is 0.421. The van der Waals surface area contributed by atoms with Crippen molar-refractivity contribution in [2.45, 2.75) is 45.6 Å². The van der Waals surface area contributed by atoms with Crippen molar-refractivity contribution in [1.82, 2.24) is 9.97 Å². The number of aromatic nitrogens is 2. The van der Waals surface area contributed by atoms with Crippen LogP contribution < -0.4 is 10.6 Å². The van der Waals surface area contributed by atoms with Crippen LogP contribution in [0.2, 0.25) is 0 Å². The van der Waals surface area contributed by atoms with Crippen molar-refractivity contribution >= 4 is 22.7 Å². The lowest BCUT2D eigenvalue weighted by Crippen LogP contribution is -2.17. The minimum atomic E-state index is 0.421. The molecule has 1 aromatic heterocycles. The highest BCUT2D eigenvalue weighted by atomic mass is 15.1. The van der Waals surface area contributed by atoms with Gasteiger partial charge in [-0.25, -0.2) is 4.98 Å². The molecule has 20 heavy (non-hydrogen) atoms. The summed E-state index contributed by atoms with van der Waals surface area (Å²) in [4.78, 5) is 9.03. The second kappa shape index (κ2) is 7.08. The molecule has 0 amide bonds. The highest BCUT2D eigenvalue weighted by Crippen LogP contribution is 2.23. The number of anilines is 2. The van der Waals surface area contributed by atoms with E-state index in [1.807, 2.05) is 25.2 Å². The van der Waals surface area contributed by atoms with Gasteiger partial charge in [-0.05, 0) is 25.5 Å². The quantitative estimate of drug-likeness (QED) is 0.746. The van der Waals surface area contributed by atoms with Crippen molar-refractivity contribution in [1.29, 1.82) is 0 Å². The maximum Gasteiger partial charge on any atom is 0.224 e.